The monoisotopic (exact) mass is 410 g/mol. The summed E-state index contributed by atoms with van der Waals surface area (Å²) in [6.45, 7) is 13.0. The van der Waals surface area contributed by atoms with Gasteiger partial charge < -0.3 is 14.2 Å². The van der Waals surface area contributed by atoms with Gasteiger partial charge in [-0.1, -0.05) is 17.7 Å². The van der Waals surface area contributed by atoms with Crippen LogP contribution >= 0.6 is 0 Å². The Hall–Kier alpha value is -2.18. The Kier molecular flexibility index (Phi) is 6.54. The first-order valence-corrected chi connectivity index (χ1v) is 11.2. The van der Waals surface area contributed by atoms with Crippen LogP contribution in [0.3, 0.4) is 0 Å². The molecule has 0 N–H and O–H groups in total. The fourth-order valence-electron chi connectivity index (χ4n) is 4.38. The second-order valence-electron chi connectivity index (χ2n) is 8.84. The van der Waals surface area contributed by atoms with Gasteiger partial charge in [0.1, 0.15) is 5.82 Å². The topological polar surface area (TPSA) is 50.6 Å². The number of rotatable bonds is 8. The number of amides is 1. The Labute approximate surface area is 179 Å². The molecule has 1 aliphatic carbocycles. The van der Waals surface area contributed by atoms with Crippen molar-refractivity contribution in [1.29, 1.82) is 0 Å². The second-order valence-corrected chi connectivity index (χ2v) is 8.84. The molecule has 2 aromatic rings. The smallest absolute Gasteiger partial charge is 0.226 e. The van der Waals surface area contributed by atoms with Crippen LogP contribution in [0.15, 0.2) is 24.5 Å². The average molecular weight is 411 g/mol. The van der Waals surface area contributed by atoms with E-state index in [1.807, 2.05) is 17.3 Å². The Balaban J connectivity index is 1.47. The van der Waals surface area contributed by atoms with Gasteiger partial charge in [-0.2, -0.15) is 0 Å². The maximum atomic E-state index is 13.0. The van der Waals surface area contributed by atoms with Crippen LogP contribution in [0.2, 0.25) is 0 Å². The number of hydrogen-bond donors (Lipinski definition) is 0. The SMILES string of the molecule is Cc1cc(C)c(Cn2ccnc2CN(CCN2CCOCC2)C(=O)C2CC2)c(C)c1. The van der Waals surface area contributed by atoms with Crippen LogP contribution in [0.25, 0.3) is 0 Å². The van der Waals surface area contributed by atoms with E-state index in [0.717, 1.165) is 64.6 Å². The summed E-state index contributed by atoms with van der Waals surface area (Å²) in [5.74, 6) is 1.48. The predicted octanol–water partition coefficient (Wildman–Crippen LogP) is 2.93. The minimum Gasteiger partial charge on any atom is -0.379 e. The number of nitrogens with zero attached hydrogens (tertiary/aromatic N) is 4. The molecule has 6 nitrogen and oxygen atoms in total. The van der Waals surface area contributed by atoms with Gasteiger partial charge in [-0.3, -0.25) is 9.69 Å². The molecule has 162 valence electrons. The van der Waals surface area contributed by atoms with Crippen molar-refractivity contribution in [3.05, 3.63) is 52.6 Å². The number of morpholine rings is 1. The Morgan fingerprint density at radius 3 is 2.53 bits per heavy atom. The summed E-state index contributed by atoms with van der Waals surface area (Å²) in [4.78, 5) is 22.0. The maximum absolute atomic E-state index is 13.0. The van der Waals surface area contributed by atoms with Crippen LogP contribution in [0, 0.1) is 26.7 Å². The summed E-state index contributed by atoms with van der Waals surface area (Å²) in [5, 5.41) is 0. The number of hydrogen-bond acceptors (Lipinski definition) is 4. The molecule has 1 aliphatic heterocycles. The predicted molar refractivity (Wildman–Crippen MR) is 117 cm³/mol. The molecule has 1 saturated carbocycles. The first-order chi connectivity index (χ1) is 14.5. The summed E-state index contributed by atoms with van der Waals surface area (Å²) in [6.07, 6.45) is 5.96. The highest BCUT2D eigenvalue weighted by Gasteiger charge is 2.34. The van der Waals surface area contributed by atoms with E-state index in [1.54, 1.807) is 0 Å². The number of aryl methyl sites for hydroxylation is 3. The highest BCUT2D eigenvalue weighted by Crippen LogP contribution is 2.31. The molecule has 0 atom stereocenters. The van der Waals surface area contributed by atoms with Gasteiger partial charge in [0, 0.05) is 51.0 Å². The number of ether oxygens (including phenoxy) is 1. The van der Waals surface area contributed by atoms with E-state index in [0.29, 0.717) is 12.5 Å². The van der Waals surface area contributed by atoms with Crippen molar-refractivity contribution in [3.8, 4) is 0 Å². The molecule has 0 bridgehead atoms. The summed E-state index contributed by atoms with van der Waals surface area (Å²) < 4.78 is 7.65. The average Bonchev–Trinajstić information content (AvgIpc) is 3.48. The normalized spacial score (nSPS) is 17.3. The molecule has 0 radical (unpaired) electrons. The molecule has 0 unspecified atom stereocenters. The lowest BCUT2D eigenvalue weighted by molar-refractivity contribution is -0.133. The van der Waals surface area contributed by atoms with Gasteiger partial charge in [-0.15, -0.1) is 0 Å². The van der Waals surface area contributed by atoms with Gasteiger partial charge in [0.25, 0.3) is 0 Å². The molecule has 4 rings (SSSR count). The van der Waals surface area contributed by atoms with Gasteiger partial charge in [0.2, 0.25) is 5.91 Å². The summed E-state index contributed by atoms with van der Waals surface area (Å²) in [6, 6.07) is 4.48. The summed E-state index contributed by atoms with van der Waals surface area (Å²) >= 11 is 0. The first kappa shape index (κ1) is 21.1. The van der Waals surface area contributed by atoms with E-state index < -0.39 is 0 Å². The largest absolute Gasteiger partial charge is 0.379 e. The molecular weight excluding hydrogens is 376 g/mol. The lowest BCUT2D eigenvalue weighted by Gasteiger charge is -2.30. The highest BCUT2D eigenvalue weighted by molar-refractivity contribution is 5.81. The van der Waals surface area contributed by atoms with Crippen molar-refractivity contribution in [2.75, 3.05) is 39.4 Å². The highest BCUT2D eigenvalue weighted by atomic mass is 16.5. The van der Waals surface area contributed by atoms with E-state index in [9.17, 15) is 4.79 Å². The third kappa shape index (κ3) is 5.10. The number of carbonyl (C=O) groups excluding carboxylic acids is 1. The van der Waals surface area contributed by atoms with E-state index >= 15 is 0 Å². The van der Waals surface area contributed by atoms with Crippen molar-refractivity contribution < 1.29 is 9.53 Å². The number of benzene rings is 1. The lowest BCUT2D eigenvalue weighted by Crippen LogP contribution is -2.43. The van der Waals surface area contributed by atoms with Crippen LogP contribution in [-0.2, 0) is 22.6 Å². The number of imidazole rings is 1. The third-order valence-corrected chi connectivity index (χ3v) is 6.33. The number of aromatic nitrogens is 2. The fraction of sp³-hybridized carbons (Fsp3) is 0.583. The van der Waals surface area contributed by atoms with Crippen molar-refractivity contribution in [2.24, 2.45) is 5.92 Å². The van der Waals surface area contributed by atoms with Crippen molar-refractivity contribution in [1.82, 2.24) is 19.4 Å². The van der Waals surface area contributed by atoms with Gasteiger partial charge in [-0.25, -0.2) is 4.98 Å². The van der Waals surface area contributed by atoms with E-state index in [-0.39, 0.29) is 5.92 Å². The standard InChI is InChI=1S/C24H34N4O2/c1-18-14-19(2)22(20(3)15-18)16-27-7-6-25-23(27)17-28(24(29)21-4-5-21)9-8-26-10-12-30-13-11-26/h6-7,14-15,21H,4-5,8-13,16-17H2,1-3H3. The van der Waals surface area contributed by atoms with Crippen LogP contribution in [0.5, 0.6) is 0 Å². The van der Waals surface area contributed by atoms with Crippen LogP contribution in [0.4, 0.5) is 0 Å². The molecule has 2 fully saturated rings. The summed E-state index contributed by atoms with van der Waals surface area (Å²) in [7, 11) is 0. The van der Waals surface area contributed by atoms with Gasteiger partial charge >= 0.3 is 0 Å². The molecule has 2 aliphatic rings. The minimum absolute atomic E-state index is 0.222. The van der Waals surface area contributed by atoms with Gasteiger partial charge in [0.15, 0.2) is 0 Å². The second kappa shape index (κ2) is 9.31. The molecule has 1 amide bonds. The lowest BCUT2D eigenvalue weighted by atomic mass is 10.00. The molecule has 1 saturated heterocycles. The van der Waals surface area contributed by atoms with E-state index in [1.165, 1.54) is 22.3 Å². The van der Waals surface area contributed by atoms with Gasteiger partial charge in [0.05, 0.1) is 19.8 Å². The molecule has 1 aromatic carbocycles. The molecule has 0 spiro atoms. The van der Waals surface area contributed by atoms with Crippen LogP contribution in [0.1, 0.15) is 40.9 Å². The molecule has 30 heavy (non-hydrogen) atoms. The quantitative estimate of drug-likeness (QED) is 0.671. The Bertz CT molecular complexity index is 858. The Morgan fingerprint density at radius 2 is 1.87 bits per heavy atom. The van der Waals surface area contributed by atoms with Crippen LogP contribution in [-0.4, -0.2) is 64.7 Å². The van der Waals surface area contributed by atoms with Crippen molar-refractivity contribution in [3.63, 3.8) is 0 Å². The molecule has 6 heteroatoms. The van der Waals surface area contributed by atoms with E-state index in [4.69, 9.17) is 4.74 Å². The minimum atomic E-state index is 0.222. The Morgan fingerprint density at radius 1 is 1.17 bits per heavy atom. The molecule has 1 aromatic heterocycles. The van der Waals surface area contributed by atoms with Gasteiger partial charge in [-0.05, 0) is 50.3 Å². The zero-order chi connectivity index (χ0) is 21.1. The van der Waals surface area contributed by atoms with E-state index in [2.05, 4.69) is 47.4 Å². The van der Waals surface area contributed by atoms with Crippen molar-refractivity contribution in [2.45, 2.75) is 46.7 Å². The zero-order valence-electron chi connectivity index (χ0n) is 18.6. The summed E-state index contributed by atoms with van der Waals surface area (Å²) in [5.41, 5.74) is 5.26. The molecular formula is C24H34N4O2. The van der Waals surface area contributed by atoms with Crippen LogP contribution < -0.4 is 0 Å². The van der Waals surface area contributed by atoms with Crippen molar-refractivity contribution >= 4 is 5.91 Å². The number of carbonyl (C=O) groups is 1. The first-order valence-electron chi connectivity index (χ1n) is 11.2. The third-order valence-electron chi connectivity index (χ3n) is 6.33. The fourth-order valence-corrected chi connectivity index (χ4v) is 4.38. The maximum Gasteiger partial charge on any atom is 0.226 e. The molecule has 2 heterocycles. The zero-order valence-corrected chi connectivity index (χ0v) is 18.6.